The van der Waals surface area contributed by atoms with Crippen LogP contribution in [-0.2, 0) is 9.47 Å². The Kier molecular flexibility index (Phi) is 18.3. The van der Waals surface area contributed by atoms with Crippen molar-refractivity contribution in [1.82, 2.24) is 0 Å². The highest BCUT2D eigenvalue weighted by Crippen LogP contribution is 2.20. The van der Waals surface area contributed by atoms with Crippen molar-refractivity contribution in [2.24, 2.45) is 0 Å². The smallest absolute Gasteiger partial charge is 0.119 e. The molecule has 0 saturated carbocycles. The third-order valence-electron chi connectivity index (χ3n) is 10.4. The van der Waals surface area contributed by atoms with Gasteiger partial charge < -0.3 is 28.4 Å². The second-order valence-corrected chi connectivity index (χ2v) is 15.6. The monoisotopic (exact) mass is 782 g/mol. The maximum atomic E-state index is 6.18. The third kappa shape index (κ3) is 17.7. The molecule has 0 bridgehead atoms. The molecule has 0 radical (unpaired) electrons. The Balaban J connectivity index is 0.687. The molecular formula is C52H62O6. The van der Waals surface area contributed by atoms with Gasteiger partial charge in [-0.15, -0.1) is 0 Å². The minimum Gasteiger partial charge on any atom is -0.494 e. The number of benzene rings is 4. The average Bonchev–Trinajstić information content (AvgIpc) is 4.20. The van der Waals surface area contributed by atoms with Crippen LogP contribution in [0.5, 0.6) is 23.0 Å². The summed E-state index contributed by atoms with van der Waals surface area (Å²) in [5.41, 5.74) is 3.89. The molecule has 6 rings (SSSR count). The van der Waals surface area contributed by atoms with Crippen LogP contribution in [0.2, 0.25) is 0 Å². The first-order valence-corrected chi connectivity index (χ1v) is 21.9. The quantitative estimate of drug-likeness (QED) is 0.0359. The standard InChI is InChI=1S/C52H62O6/c1-42(58-50-35-27-46(28-36-50)20-19-45-25-33-49(34-26-45)55-39-52-41-57-52)16-14-12-10-8-6-4-2-3-5-7-9-11-13-15-37-53-47-29-21-43(22-30-47)17-18-44-23-31-48(32-24-44)54-38-51-40-56-51/h21-36,42,51-52H,2-16,37-41H2,1H3. The van der Waals surface area contributed by atoms with Crippen molar-refractivity contribution >= 4 is 0 Å². The highest BCUT2D eigenvalue weighted by Gasteiger charge is 2.23. The number of epoxide rings is 2. The number of hydrogen-bond acceptors (Lipinski definition) is 6. The topological polar surface area (TPSA) is 62.0 Å². The van der Waals surface area contributed by atoms with E-state index in [1.807, 2.05) is 97.1 Å². The fraction of sp³-hybridized carbons (Fsp3) is 0.462. The normalized spacial score (nSPS) is 15.6. The molecule has 6 nitrogen and oxygen atoms in total. The first-order chi connectivity index (χ1) is 28.6. The number of rotatable bonds is 26. The van der Waals surface area contributed by atoms with Gasteiger partial charge in [0.1, 0.15) is 48.4 Å². The highest BCUT2D eigenvalue weighted by molar-refractivity contribution is 5.46. The van der Waals surface area contributed by atoms with E-state index >= 15 is 0 Å². The molecule has 4 aromatic rings. The van der Waals surface area contributed by atoms with E-state index in [0.717, 1.165) is 77.9 Å². The van der Waals surface area contributed by atoms with E-state index in [-0.39, 0.29) is 18.3 Å². The Labute approximate surface area is 347 Å². The molecule has 0 amide bonds. The molecule has 2 aliphatic heterocycles. The summed E-state index contributed by atoms with van der Waals surface area (Å²) in [5.74, 6) is 16.5. The van der Waals surface area contributed by atoms with Gasteiger partial charge >= 0.3 is 0 Å². The van der Waals surface area contributed by atoms with E-state index in [1.54, 1.807) is 0 Å². The van der Waals surface area contributed by atoms with Crippen LogP contribution in [-0.4, -0.2) is 51.3 Å². The molecule has 0 aliphatic carbocycles. The van der Waals surface area contributed by atoms with Crippen molar-refractivity contribution in [3.05, 3.63) is 119 Å². The zero-order valence-corrected chi connectivity index (χ0v) is 34.6. The number of ether oxygens (including phenoxy) is 6. The predicted octanol–water partition coefficient (Wildman–Crippen LogP) is 11.7. The van der Waals surface area contributed by atoms with Crippen LogP contribution in [0.25, 0.3) is 0 Å². The van der Waals surface area contributed by atoms with Crippen molar-refractivity contribution < 1.29 is 28.4 Å². The average molecular weight is 783 g/mol. The summed E-state index contributed by atoms with van der Waals surface area (Å²) in [5, 5.41) is 0. The molecule has 2 heterocycles. The predicted molar refractivity (Wildman–Crippen MR) is 233 cm³/mol. The third-order valence-corrected chi connectivity index (χ3v) is 10.4. The van der Waals surface area contributed by atoms with Crippen LogP contribution in [0, 0.1) is 23.7 Å². The maximum Gasteiger partial charge on any atom is 0.119 e. The van der Waals surface area contributed by atoms with E-state index in [0.29, 0.717) is 13.2 Å². The maximum absolute atomic E-state index is 6.18. The van der Waals surface area contributed by atoms with Gasteiger partial charge in [0.2, 0.25) is 0 Å². The van der Waals surface area contributed by atoms with Gasteiger partial charge in [0.15, 0.2) is 0 Å². The second kappa shape index (κ2) is 24.8. The summed E-state index contributed by atoms with van der Waals surface area (Å²) in [6.45, 7) is 5.79. The largest absolute Gasteiger partial charge is 0.494 e. The molecule has 2 saturated heterocycles. The summed E-state index contributed by atoms with van der Waals surface area (Å²) >= 11 is 0. The molecule has 3 atom stereocenters. The van der Waals surface area contributed by atoms with Crippen LogP contribution in [0.3, 0.4) is 0 Å². The fourth-order valence-corrected chi connectivity index (χ4v) is 6.65. The molecule has 3 unspecified atom stereocenters. The van der Waals surface area contributed by atoms with Crippen molar-refractivity contribution in [2.75, 3.05) is 33.0 Å². The van der Waals surface area contributed by atoms with E-state index in [1.165, 1.54) is 83.5 Å². The summed E-state index contributed by atoms with van der Waals surface area (Å²) in [4.78, 5) is 0. The van der Waals surface area contributed by atoms with Gasteiger partial charge in [-0.25, -0.2) is 0 Å². The molecule has 58 heavy (non-hydrogen) atoms. The van der Waals surface area contributed by atoms with Gasteiger partial charge in [-0.1, -0.05) is 101 Å². The molecule has 2 fully saturated rings. The van der Waals surface area contributed by atoms with Crippen molar-refractivity contribution in [3.63, 3.8) is 0 Å². The molecule has 306 valence electrons. The van der Waals surface area contributed by atoms with Gasteiger partial charge in [0.05, 0.1) is 25.9 Å². The Hall–Kier alpha value is -4.88. The summed E-state index contributed by atoms with van der Waals surface area (Å²) < 4.78 is 33.9. The first kappa shape index (κ1) is 42.7. The van der Waals surface area contributed by atoms with Gasteiger partial charge in [0, 0.05) is 22.3 Å². The highest BCUT2D eigenvalue weighted by atomic mass is 16.6. The number of hydrogen-bond donors (Lipinski definition) is 0. The molecule has 6 heteroatoms. The number of unbranched alkanes of at least 4 members (excludes halogenated alkanes) is 13. The van der Waals surface area contributed by atoms with E-state index in [4.69, 9.17) is 28.4 Å². The lowest BCUT2D eigenvalue weighted by atomic mass is 10.0. The summed E-state index contributed by atoms with van der Waals surface area (Å²) in [6, 6.07) is 32.0. The lowest BCUT2D eigenvalue weighted by Gasteiger charge is -2.14. The van der Waals surface area contributed by atoms with Crippen molar-refractivity contribution in [2.45, 2.75) is 122 Å². The minimum absolute atomic E-state index is 0.220. The summed E-state index contributed by atoms with van der Waals surface area (Å²) in [6.07, 6.45) is 20.3. The van der Waals surface area contributed by atoms with Crippen LogP contribution in [0.4, 0.5) is 0 Å². The molecule has 0 spiro atoms. The second-order valence-electron chi connectivity index (χ2n) is 15.6. The van der Waals surface area contributed by atoms with Crippen LogP contribution in [0.1, 0.15) is 125 Å². The van der Waals surface area contributed by atoms with Crippen LogP contribution >= 0.6 is 0 Å². The molecule has 4 aromatic carbocycles. The molecule has 0 aromatic heterocycles. The zero-order valence-electron chi connectivity index (χ0n) is 34.6. The van der Waals surface area contributed by atoms with Gasteiger partial charge in [0.25, 0.3) is 0 Å². The van der Waals surface area contributed by atoms with Crippen molar-refractivity contribution in [1.29, 1.82) is 0 Å². The molecular weight excluding hydrogens is 721 g/mol. The Morgan fingerprint density at radius 1 is 0.431 bits per heavy atom. The Bertz CT molecular complexity index is 1850. The Morgan fingerprint density at radius 3 is 1.10 bits per heavy atom. The first-order valence-electron chi connectivity index (χ1n) is 21.9. The van der Waals surface area contributed by atoms with Crippen LogP contribution < -0.4 is 18.9 Å². The SMILES string of the molecule is CC(CCCCCCCCCCCCCCCCOc1ccc(C#Cc2ccc(OCC3CO3)cc2)cc1)Oc1ccc(C#Cc2ccc(OCC3CO3)cc2)cc1. The van der Waals surface area contributed by atoms with E-state index < -0.39 is 0 Å². The Morgan fingerprint density at radius 2 is 0.741 bits per heavy atom. The zero-order chi connectivity index (χ0) is 39.9. The molecule has 2 aliphatic rings. The van der Waals surface area contributed by atoms with Crippen molar-refractivity contribution in [3.8, 4) is 46.7 Å². The lowest BCUT2D eigenvalue weighted by molar-refractivity contribution is 0.206. The lowest BCUT2D eigenvalue weighted by Crippen LogP contribution is -2.11. The van der Waals surface area contributed by atoms with Gasteiger partial charge in [-0.3, -0.25) is 0 Å². The van der Waals surface area contributed by atoms with Gasteiger partial charge in [-0.2, -0.15) is 0 Å². The van der Waals surface area contributed by atoms with Crippen LogP contribution in [0.15, 0.2) is 97.1 Å². The summed E-state index contributed by atoms with van der Waals surface area (Å²) in [7, 11) is 0. The van der Waals surface area contributed by atoms with E-state index in [9.17, 15) is 0 Å². The molecule has 0 N–H and O–H groups in total. The van der Waals surface area contributed by atoms with E-state index in [2.05, 4.69) is 30.6 Å². The minimum atomic E-state index is 0.220. The van der Waals surface area contributed by atoms with Gasteiger partial charge in [-0.05, 0) is 123 Å². The fourth-order valence-electron chi connectivity index (χ4n) is 6.65.